The quantitative estimate of drug-likeness (QED) is 0.741. The number of methoxy groups -OCH3 is 1. The van der Waals surface area contributed by atoms with Crippen molar-refractivity contribution < 1.29 is 14.3 Å². The fourth-order valence-electron chi connectivity index (χ4n) is 4.74. The van der Waals surface area contributed by atoms with Gasteiger partial charge in [-0.15, -0.1) is 0 Å². The molecule has 4 rings (SSSR count). The van der Waals surface area contributed by atoms with E-state index in [1.165, 1.54) is 18.4 Å². The smallest absolute Gasteiger partial charge is 0.236 e. The molecule has 1 aliphatic carbocycles. The Kier molecular flexibility index (Phi) is 6.97. The van der Waals surface area contributed by atoms with Gasteiger partial charge in [0.15, 0.2) is 11.5 Å². The van der Waals surface area contributed by atoms with Gasteiger partial charge in [0.25, 0.3) is 0 Å². The monoisotopic (exact) mass is 423 g/mol. The number of piperazine rings is 1. The summed E-state index contributed by atoms with van der Waals surface area (Å²) < 4.78 is 11.8. The summed E-state index contributed by atoms with van der Waals surface area (Å²) >= 11 is 0. The molecule has 2 aromatic carbocycles. The summed E-state index contributed by atoms with van der Waals surface area (Å²) in [5.74, 6) is 1.60. The van der Waals surface area contributed by atoms with E-state index >= 15 is 0 Å². The van der Waals surface area contributed by atoms with Crippen molar-refractivity contribution in [1.29, 1.82) is 0 Å². The lowest BCUT2D eigenvalue weighted by molar-refractivity contribution is -0.132. The van der Waals surface area contributed by atoms with Gasteiger partial charge in [0.1, 0.15) is 0 Å². The van der Waals surface area contributed by atoms with E-state index in [-0.39, 0.29) is 24.6 Å². The first-order valence-electron chi connectivity index (χ1n) is 11.3. The summed E-state index contributed by atoms with van der Waals surface area (Å²) in [6.45, 7) is 2.24. The summed E-state index contributed by atoms with van der Waals surface area (Å²) in [6, 6.07) is 16.6. The first-order chi connectivity index (χ1) is 15.2. The minimum Gasteiger partial charge on any atom is -0.493 e. The van der Waals surface area contributed by atoms with Crippen LogP contribution in [0.25, 0.3) is 0 Å². The number of ether oxygens (including phenoxy) is 2. The lowest BCUT2D eigenvalue weighted by Crippen LogP contribution is -2.57. The number of nitrogens with two attached hydrogens (primary N) is 1. The Labute approximate surface area is 184 Å². The number of nitrogens with zero attached hydrogens (tertiary/aromatic N) is 2. The number of amides is 1. The van der Waals surface area contributed by atoms with Crippen LogP contribution < -0.4 is 20.1 Å². The van der Waals surface area contributed by atoms with Crippen LogP contribution in [0.3, 0.4) is 0 Å². The fraction of sp³-hybridized carbons (Fsp3) is 0.480. The summed E-state index contributed by atoms with van der Waals surface area (Å²) in [4.78, 5) is 16.8. The Bertz CT molecular complexity index is 868. The van der Waals surface area contributed by atoms with Crippen LogP contribution in [-0.2, 0) is 11.2 Å². The van der Waals surface area contributed by atoms with Gasteiger partial charge in [-0.3, -0.25) is 4.79 Å². The van der Waals surface area contributed by atoms with Crippen molar-refractivity contribution >= 4 is 11.6 Å². The molecule has 2 aliphatic rings. The molecule has 1 saturated carbocycles. The molecule has 6 heteroatoms. The summed E-state index contributed by atoms with van der Waals surface area (Å²) in [7, 11) is 1.68. The Morgan fingerprint density at radius 2 is 1.84 bits per heavy atom. The molecule has 1 heterocycles. The molecule has 0 spiro atoms. The highest BCUT2D eigenvalue weighted by Crippen LogP contribution is 2.35. The maximum atomic E-state index is 12.5. The average molecular weight is 424 g/mol. The topological polar surface area (TPSA) is 68.0 Å². The minimum atomic E-state index is 0.0144. The Morgan fingerprint density at radius 1 is 1.06 bits per heavy atom. The van der Waals surface area contributed by atoms with Crippen LogP contribution in [0.15, 0.2) is 48.5 Å². The van der Waals surface area contributed by atoms with Gasteiger partial charge in [-0.1, -0.05) is 30.3 Å². The van der Waals surface area contributed by atoms with Crippen molar-refractivity contribution in [2.45, 2.75) is 44.2 Å². The predicted octanol–water partition coefficient (Wildman–Crippen LogP) is 3.24. The van der Waals surface area contributed by atoms with E-state index < -0.39 is 0 Å². The summed E-state index contributed by atoms with van der Waals surface area (Å²) in [5.41, 5.74) is 8.03. The number of anilines is 1. The maximum Gasteiger partial charge on any atom is 0.236 e. The van der Waals surface area contributed by atoms with Crippen LogP contribution in [-0.4, -0.2) is 56.2 Å². The minimum absolute atomic E-state index is 0.0144. The molecule has 166 valence electrons. The third-order valence-corrected chi connectivity index (χ3v) is 6.40. The van der Waals surface area contributed by atoms with Gasteiger partial charge >= 0.3 is 0 Å². The molecule has 1 saturated heterocycles. The molecule has 0 radical (unpaired) electrons. The molecule has 0 bridgehead atoms. The lowest BCUT2D eigenvalue weighted by atomic mass is 10.0. The second kappa shape index (κ2) is 10.1. The Morgan fingerprint density at radius 3 is 2.55 bits per heavy atom. The Balaban J connectivity index is 1.54. The van der Waals surface area contributed by atoms with Gasteiger partial charge in [0.05, 0.1) is 25.8 Å². The van der Waals surface area contributed by atoms with Gasteiger partial charge < -0.3 is 25.0 Å². The maximum absolute atomic E-state index is 12.5. The summed E-state index contributed by atoms with van der Waals surface area (Å²) in [6.07, 6.45) is 5.74. The normalized spacial score (nSPS) is 19.5. The van der Waals surface area contributed by atoms with Crippen molar-refractivity contribution in [3.8, 4) is 11.5 Å². The number of rotatable bonds is 7. The SMILES string of the molecule is COc1ccc(N2CCN(C(=O)CN)[C@@H](Cc3ccccc3)C2)cc1OC1CCCC1. The third kappa shape index (κ3) is 5.13. The molecule has 0 unspecified atom stereocenters. The standard InChI is InChI=1S/C25H33N3O3/c1-30-23-12-11-20(16-24(23)31-22-9-5-6-10-22)27-13-14-28(25(29)17-26)21(18-27)15-19-7-3-2-4-8-19/h2-4,7-8,11-12,16,21-22H,5-6,9-10,13-15,17-18,26H2,1H3/t21-/m0/s1. The van der Waals surface area contributed by atoms with Gasteiger partial charge in [-0.2, -0.15) is 0 Å². The van der Waals surface area contributed by atoms with Crippen molar-refractivity contribution in [2.24, 2.45) is 5.73 Å². The zero-order chi connectivity index (χ0) is 21.6. The van der Waals surface area contributed by atoms with Crippen molar-refractivity contribution in [3.05, 3.63) is 54.1 Å². The van der Waals surface area contributed by atoms with Crippen LogP contribution in [0.1, 0.15) is 31.2 Å². The molecule has 2 N–H and O–H groups in total. The van der Waals surface area contributed by atoms with Crippen molar-refractivity contribution in [1.82, 2.24) is 4.90 Å². The first kappa shape index (κ1) is 21.5. The second-order valence-electron chi connectivity index (χ2n) is 8.44. The van der Waals surface area contributed by atoms with Gasteiger partial charge in [-0.25, -0.2) is 0 Å². The lowest BCUT2D eigenvalue weighted by Gasteiger charge is -2.42. The molecule has 1 atom stereocenters. The van der Waals surface area contributed by atoms with Crippen LogP contribution in [0.2, 0.25) is 0 Å². The molecule has 2 aromatic rings. The van der Waals surface area contributed by atoms with Crippen molar-refractivity contribution in [2.75, 3.05) is 38.2 Å². The van der Waals surface area contributed by atoms with E-state index in [0.717, 1.165) is 49.5 Å². The summed E-state index contributed by atoms with van der Waals surface area (Å²) in [5, 5.41) is 0. The molecule has 2 fully saturated rings. The van der Waals surface area contributed by atoms with Gasteiger partial charge in [-0.05, 0) is 49.8 Å². The zero-order valence-corrected chi connectivity index (χ0v) is 18.3. The number of carbonyl (C=O) groups excluding carboxylic acids is 1. The Hall–Kier alpha value is -2.73. The van der Waals surface area contributed by atoms with E-state index in [4.69, 9.17) is 15.2 Å². The number of hydrogen-bond acceptors (Lipinski definition) is 5. The highest BCUT2D eigenvalue weighted by atomic mass is 16.5. The van der Waals surface area contributed by atoms with E-state index in [9.17, 15) is 4.79 Å². The molecular weight excluding hydrogens is 390 g/mol. The fourth-order valence-corrected chi connectivity index (χ4v) is 4.74. The molecule has 1 aliphatic heterocycles. The third-order valence-electron chi connectivity index (χ3n) is 6.40. The molecular formula is C25H33N3O3. The molecule has 0 aromatic heterocycles. The predicted molar refractivity (Wildman–Crippen MR) is 123 cm³/mol. The van der Waals surface area contributed by atoms with Crippen LogP contribution in [0.5, 0.6) is 11.5 Å². The number of carbonyl (C=O) groups is 1. The number of hydrogen-bond donors (Lipinski definition) is 1. The van der Waals surface area contributed by atoms with E-state index in [1.807, 2.05) is 29.2 Å². The van der Waals surface area contributed by atoms with E-state index in [1.54, 1.807) is 7.11 Å². The molecule has 31 heavy (non-hydrogen) atoms. The van der Waals surface area contributed by atoms with Crippen molar-refractivity contribution in [3.63, 3.8) is 0 Å². The van der Waals surface area contributed by atoms with Crippen LogP contribution >= 0.6 is 0 Å². The van der Waals surface area contributed by atoms with Gasteiger partial charge in [0, 0.05) is 31.4 Å². The molecule has 1 amide bonds. The largest absolute Gasteiger partial charge is 0.493 e. The highest BCUT2D eigenvalue weighted by molar-refractivity contribution is 5.79. The molecule has 6 nitrogen and oxygen atoms in total. The van der Waals surface area contributed by atoms with Crippen LogP contribution in [0.4, 0.5) is 5.69 Å². The first-order valence-corrected chi connectivity index (χ1v) is 11.3. The van der Waals surface area contributed by atoms with E-state index in [2.05, 4.69) is 29.2 Å². The second-order valence-corrected chi connectivity index (χ2v) is 8.44. The zero-order valence-electron chi connectivity index (χ0n) is 18.3. The number of benzene rings is 2. The average Bonchev–Trinajstić information content (AvgIpc) is 3.32. The van der Waals surface area contributed by atoms with E-state index in [0.29, 0.717) is 6.54 Å². The highest BCUT2D eigenvalue weighted by Gasteiger charge is 2.30. The van der Waals surface area contributed by atoms with Crippen LogP contribution in [0, 0.1) is 0 Å². The van der Waals surface area contributed by atoms with Gasteiger partial charge in [0.2, 0.25) is 5.91 Å².